The third kappa shape index (κ3) is 4.19. The molecule has 0 aromatic carbocycles. The summed E-state index contributed by atoms with van der Waals surface area (Å²) in [6.45, 7) is 9.49. The van der Waals surface area contributed by atoms with Gasteiger partial charge in [-0.3, -0.25) is 9.80 Å². The van der Waals surface area contributed by atoms with Crippen LogP contribution in [0.15, 0.2) is 0 Å². The molecular formula is C17H34N2O2. The van der Waals surface area contributed by atoms with Gasteiger partial charge in [-0.15, -0.1) is 0 Å². The molecule has 2 rings (SSSR count). The van der Waals surface area contributed by atoms with Gasteiger partial charge in [0.05, 0.1) is 25.4 Å². The van der Waals surface area contributed by atoms with E-state index in [1.165, 1.54) is 19.3 Å². The second-order valence-electron chi connectivity index (χ2n) is 6.89. The van der Waals surface area contributed by atoms with E-state index in [-0.39, 0.29) is 0 Å². The Labute approximate surface area is 130 Å². The number of morpholine rings is 2. The molecule has 124 valence electrons. The van der Waals surface area contributed by atoms with Crippen LogP contribution in [0.5, 0.6) is 0 Å². The highest BCUT2D eigenvalue weighted by Crippen LogP contribution is 2.26. The molecule has 21 heavy (non-hydrogen) atoms. The fraction of sp³-hybridized carbons (Fsp3) is 1.00. The molecule has 2 aliphatic heterocycles. The quantitative estimate of drug-likeness (QED) is 0.778. The predicted octanol–water partition coefficient (Wildman–Crippen LogP) is 2.37. The summed E-state index contributed by atoms with van der Waals surface area (Å²) in [5, 5.41) is 0. The minimum Gasteiger partial charge on any atom is -0.376 e. The molecule has 2 saturated heterocycles. The van der Waals surface area contributed by atoms with E-state index in [0.717, 1.165) is 26.2 Å². The van der Waals surface area contributed by atoms with Gasteiger partial charge in [-0.25, -0.2) is 0 Å². The van der Waals surface area contributed by atoms with Crippen molar-refractivity contribution in [2.24, 2.45) is 0 Å². The maximum absolute atomic E-state index is 6.11. The van der Waals surface area contributed by atoms with Gasteiger partial charge >= 0.3 is 0 Å². The van der Waals surface area contributed by atoms with Gasteiger partial charge in [-0.05, 0) is 46.7 Å². The van der Waals surface area contributed by atoms with Gasteiger partial charge in [0.1, 0.15) is 0 Å². The lowest BCUT2D eigenvalue weighted by Gasteiger charge is -2.45. The Morgan fingerprint density at radius 1 is 0.952 bits per heavy atom. The van der Waals surface area contributed by atoms with Crippen molar-refractivity contribution in [3.05, 3.63) is 0 Å². The van der Waals surface area contributed by atoms with E-state index in [4.69, 9.17) is 9.47 Å². The minimum absolute atomic E-state index is 0.375. The third-order valence-electron chi connectivity index (χ3n) is 5.44. The van der Waals surface area contributed by atoms with Gasteiger partial charge in [0.2, 0.25) is 0 Å². The van der Waals surface area contributed by atoms with Crippen molar-refractivity contribution < 1.29 is 9.47 Å². The van der Waals surface area contributed by atoms with Crippen molar-refractivity contribution in [1.29, 1.82) is 0 Å². The van der Waals surface area contributed by atoms with Crippen molar-refractivity contribution >= 4 is 0 Å². The first-order valence-corrected chi connectivity index (χ1v) is 8.72. The summed E-state index contributed by atoms with van der Waals surface area (Å²) in [6.07, 6.45) is 5.46. The average Bonchev–Trinajstić information content (AvgIpc) is 2.47. The molecule has 0 bridgehead atoms. The topological polar surface area (TPSA) is 24.9 Å². The lowest BCUT2D eigenvalue weighted by molar-refractivity contribution is -0.103. The molecule has 0 aromatic heterocycles. The van der Waals surface area contributed by atoms with Crippen LogP contribution >= 0.6 is 0 Å². The normalized spacial score (nSPS) is 39.6. The van der Waals surface area contributed by atoms with Crippen LogP contribution in [-0.4, -0.2) is 74.0 Å². The lowest BCUT2D eigenvalue weighted by Crippen LogP contribution is -2.55. The molecule has 0 aromatic rings. The molecule has 0 saturated carbocycles. The van der Waals surface area contributed by atoms with E-state index in [1.807, 2.05) is 0 Å². The monoisotopic (exact) mass is 298 g/mol. The van der Waals surface area contributed by atoms with Crippen molar-refractivity contribution in [3.8, 4) is 0 Å². The van der Waals surface area contributed by atoms with Crippen LogP contribution in [0.25, 0.3) is 0 Å². The predicted molar refractivity (Wildman–Crippen MR) is 86.7 cm³/mol. The van der Waals surface area contributed by atoms with Gasteiger partial charge in [0, 0.05) is 24.7 Å². The fourth-order valence-electron chi connectivity index (χ4n) is 3.86. The van der Waals surface area contributed by atoms with Crippen molar-refractivity contribution in [2.45, 2.75) is 76.8 Å². The van der Waals surface area contributed by atoms with Gasteiger partial charge < -0.3 is 9.47 Å². The fourth-order valence-corrected chi connectivity index (χ4v) is 3.86. The molecule has 2 fully saturated rings. The van der Waals surface area contributed by atoms with Gasteiger partial charge in [0.25, 0.3) is 0 Å². The molecule has 4 nitrogen and oxygen atoms in total. The largest absolute Gasteiger partial charge is 0.376 e. The van der Waals surface area contributed by atoms with E-state index in [1.54, 1.807) is 0 Å². The first kappa shape index (κ1) is 17.2. The standard InChI is InChI=1S/C17H34N2O2/c1-6-14-11-21-17(7-2)16(19(14)5)9-8-15-12-20-13(3)10-18(15)4/h13-17H,6-12H2,1-5H3/t13-,14+,15?,16?,17+/m0/s1. The van der Waals surface area contributed by atoms with Crippen molar-refractivity contribution in [2.75, 3.05) is 33.9 Å². The number of nitrogens with zero attached hydrogens (tertiary/aromatic N) is 2. The van der Waals surface area contributed by atoms with Crippen LogP contribution in [0.1, 0.15) is 46.5 Å². The number of rotatable bonds is 5. The van der Waals surface area contributed by atoms with E-state index in [2.05, 4.69) is 44.7 Å². The molecule has 5 atom stereocenters. The molecule has 2 unspecified atom stereocenters. The lowest BCUT2D eigenvalue weighted by atomic mass is 9.94. The summed E-state index contributed by atoms with van der Waals surface area (Å²) in [4.78, 5) is 5.04. The Morgan fingerprint density at radius 2 is 1.67 bits per heavy atom. The molecular weight excluding hydrogens is 264 g/mol. The Morgan fingerprint density at radius 3 is 2.29 bits per heavy atom. The van der Waals surface area contributed by atoms with Crippen LogP contribution in [0.3, 0.4) is 0 Å². The number of hydrogen-bond acceptors (Lipinski definition) is 4. The van der Waals surface area contributed by atoms with Crippen LogP contribution < -0.4 is 0 Å². The Hall–Kier alpha value is -0.160. The van der Waals surface area contributed by atoms with Gasteiger partial charge in [0.15, 0.2) is 0 Å². The number of likely N-dealkylation sites (N-methyl/N-ethyl adjacent to an activating group) is 2. The molecule has 0 radical (unpaired) electrons. The Kier molecular flexibility index (Phi) is 6.48. The Bertz CT molecular complexity index is 313. The zero-order valence-corrected chi connectivity index (χ0v) is 14.5. The summed E-state index contributed by atoms with van der Waals surface area (Å²) < 4.78 is 11.9. The first-order valence-electron chi connectivity index (χ1n) is 8.72. The smallest absolute Gasteiger partial charge is 0.0728 e. The van der Waals surface area contributed by atoms with Crippen molar-refractivity contribution in [3.63, 3.8) is 0 Å². The molecule has 2 aliphatic rings. The maximum atomic E-state index is 6.11. The van der Waals surface area contributed by atoms with Crippen LogP contribution in [-0.2, 0) is 9.47 Å². The second-order valence-corrected chi connectivity index (χ2v) is 6.89. The van der Waals surface area contributed by atoms with Gasteiger partial charge in [-0.1, -0.05) is 13.8 Å². The van der Waals surface area contributed by atoms with Crippen LogP contribution in [0.4, 0.5) is 0 Å². The van der Waals surface area contributed by atoms with Gasteiger partial charge in [-0.2, -0.15) is 0 Å². The summed E-state index contributed by atoms with van der Waals surface area (Å²) in [6, 6.07) is 1.70. The van der Waals surface area contributed by atoms with E-state index < -0.39 is 0 Å². The van der Waals surface area contributed by atoms with Crippen LogP contribution in [0, 0.1) is 0 Å². The molecule has 0 amide bonds. The minimum atomic E-state index is 0.375. The van der Waals surface area contributed by atoms with Crippen LogP contribution in [0.2, 0.25) is 0 Å². The molecule has 0 N–H and O–H groups in total. The maximum Gasteiger partial charge on any atom is 0.0728 e. The molecule has 0 aliphatic carbocycles. The molecule has 0 spiro atoms. The molecule has 2 heterocycles. The number of hydrogen-bond donors (Lipinski definition) is 0. The summed E-state index contributed by atoms with van der Waals surface area (Å²) in [5.41, 5.74) is 0. The first-order chi connectivity index (χ1) is 10.1. The Balaban J connectivity index is 1.89. The molecule has 4 heteroatoms. The zero-order chi connectivity index (χ0) is 15.4. The zero-order valence-electron chi connectivity index (χ0n) is 14.5. The van der Waals surface area contributed by atoms with E-state index in [9.17, 15) is 0 Å². The summed E-state index contributed by atoms with van der Waals surface area (Å²) in [7, 11) is 4.52. The summed E-state index contributed by atoms with van der Waals surface area (Å²) >= 11 is 0. The summed E-state index contributed by atoms with van der Waals surface area (Å²) in [5.74, 6) is 0. The average molecular weight is 298 g/mol. The highest BCUT2D eigenvalue weighted by Gasteiger charge is 2.35. The second kappa shape index (κ2) is 7.91. The highest BCUT2D eigenvalue weighted by molar-refractivity contribution is 4.88. The van der Waals surface area contributed by atoms with E-state index in [0.29, 0.717) is 30.3 Å². The van der Waals surface area contributed by atoms with Crippen molar-refractivity contribution in [1.82, 2.24) is 9.80 Å². The SMILES string of the molecule is CC[C@@H]1CO[C@H](CC)C(CCC2CO[C@@H](C)CN2C)N1C. The highest BCUT2D eigenvalue weighted by atomic mass is 16.5. The van der Waals surface area contributed by atoms with E-state index >= 15 is 0 Å². The number of ether oxygens (including phenoxy) is 2. The third-order valence-corrected chi connectivity index (χ3v) is 5.44.